The predicted molar refractivity (Wildman–Crippen MR) is 61.0 cm³/mol. The maximum absolute atomic E-state index is 11.6. The molecule has 88 valence electrons. The molecule has 0 aromatic carbocycles. The maximum Gasteiger partial charge on any atom is 0.251 e. The number of carbonyl (C=O) groups is 1. The molecular weight excluding hydrogens is 206 g/mol. The number of hydrogen-bond acceptors (Lipinski definition) is 4. The molecule has 1 aromatic rings. The largest absolute Gasteiger partial charge is 0.383 e. The molecule has 1 unspecified atom stereocenters. The number of nitrogens with zero attached hydrogens (tertiary/aromatic N) is 1. The smallest absolute Gasteiger partial charge is 0.251 e. The van der Waals surface area contributed by atoms with Crippen molar-refractivity contribution in [3.05, 3.63) is 30.1 Å². The predicted octanol–water partition coefficient (Wildman–Crippen LogP) is 0.175. The zero-order valence-corrected chi connectivity index (χ0v) is 9.35. The van der Waals surface area contributed by atoms with Gasteiger partial charge < -0.3 is 15.8 Å². The number of nitrogens with two attached hydrogens (primary N) is 1. The molecule has 3 N–H and O–H groups in total. The van der Waals surface area contributed by atoms with Gasteiger partial charge in [-0.05, 0) is 18.6 Å². The van der Waals surface area contributed by atoms with E-state index < -0.39 is 0 Å². The molecule has 1 atom stereocenters. The van der Waals surface area contributed by atoms with Crippen LogP contribution in [0.3, 0.4) is 0 Å². The van der Waals surface area contributed by atoms with Crippen LogP contribution in [0.4, 0.5) is 0 Å². The molecule has 0 spiro atoms. The number of aromatic nitrogens is 1. The van der Waals surface area contributed by atoms with Gasteiger partial charge >= 0.3 is 0 Å². The van der Waals surface area contributed by atoms with E-state index in [1.54, 1.807) is 31.6 Å². The number of methoxy groups -OCH3 is 1. The number of hydrogen-bond donors (Lipinski definition) is 2. The third-order valence-electron chi connectivity index (χ3n) is 2.12. The standard InChI is InChI=1S/C11H17N3O2/c1-16-8-10(12)4-7-14-11(15)9-2-5-13-6-3-9/h2-3,5-6,10H,4,7-8,12H2,1H3,(H,14,15). The van der Waals surface area contributed by atoms with Gasteiger partial charge in [-0.1, -0.05) is 0 Å². The highest BCUT2D eigenvalue weighted by molar-refractivity contribution is 5.93. The number of amides is 1. The van der Waals surface area contributed by atoms with Gasteiger partial charge in [0, 0.05) is 37.7 Å². The topological polar surface area (TPSA) is 77.2 Å². The Morgan fingerprint density at radius 2 is 2.25 bits per heavy atom. The van der Waals surface area contributed by atoms with E-state index in [4.69, 9.17) is 10.5 Å². The van der Waals surface area contributed by atoms with Crippen molar-refractivity contribution in [2.75, 3.05) is 20.3 Å². The summed E-state index contributed by atoms with van der Waals surface area (Å²) >= 11 is 0. The Hall–Kier alpha value is -1.46. The van der Waals surface area contributed by atoms with E-state index in [9.17, 15) is 4.79 Å². The Kier molecular flexibility index (Phi) is 5.45. The molecule has 16 heavy (non-hydrogen) atoms. The van der Waals surface area contributed by atoms with Gasteiger partial charge in [-0.15, -0.1) is 0 Å². The lowest BCUT2D eigenvalue weighted by molar-refractivity contribution is 0.0950. The summed E-state index contributed by atoms with van der Waals surface area (Å²) in [5.74, 6) is -0.105. The van der Waals surface area contributed by atoms with Crippen molar-refractivity contribution in [2.24, 2.45) is 5.73 Å². The Bertz CT molecular complexity index is 316. The molecule has 0 aliphatic rings. The first kappa shape index (κ1) is 12.6. The van der Waals surface area contributed by atoms with Crippen LogP contribution in [0.15, 0.2) is 24.5 Å². The van der Waals surface area contributed by atoms with Gasteiger partial charge in [-0.2, -0.15) is 0 Å². The van der Waals surface area contributed by atoms with E-state index in [1.807, 2.05) is 0 Å². The summed E-state index contributed by atoms with van der Waals surface area (Å²) in [4.78, 5) is 15.4. The second-order valence-corrected chi connectivity index (χ2v) is 3.50. The molecule has 1 heterocycles. The van der Waals surface area contributed by atoms with Crippen molar-refractivity contribution in [1.29, 1.82) is 0 Å². The van der Waals surface area contributed by atoms with Crippen molar-refractivity contribution in [3.63, 3.8) is 0 Å². The van der Waals surface area contributed by atoms with E-state index in [2.05, 4.69) is 10.3 Å². The first-order valence-corrected chi connectivity index (χ1v) is 5.16. The molecule has 5 nitrogen and oxygen atoms in total. The highest BCUT2D eigenvalue weighted by Crippen LogP contribution is 1.96. The molecule has 1 amide bonds. The van der Waals surface area contributed by atoms with Gasteiger partial charge in [0.1, 0.15) is 0 Å². The van der Waals surface area contributed by atoms with E-state index in [0.29, 0.717) is 25.1 Å². The van der Waals surface area contributed by atoms with Crippen LogP contribution in [0, 0.1) is 0 Å². The number of nitrogens with one attached hydrogen (secondary N) is 1. The van der Waals surface area contributed by atoms with Crippen molar-refractivity contribution < 1.29 is 9.53 Å². The van der Waals surface area contributed by atoms with E-state index >= 15 is 0 Å². The number of pyridine rings is 1. The number of ether oxygens (including phenoxy) is 1. The van der Waals surface area contributed by atoms with Crippen molar-refractivity contribution in [1.82, 2.24) is 10.3 Å². The molecule has 0 saturated heterocycles. The van der Waals surface area contributed by atoms with Crippen LogP contribution in [-0.2, 0) is 4.74 Å². The van der Waals surface area contributed by atoms with Gasteiger partial charge in [0.25, 0.3) is 5.91 Å². The van der Waals surface area contributed by atoms with Gasteiger partial charge in [0.15, 0.2) is 0 Å². The molecule has 0 radical (unpaired) electrons. The summed E-state index contributed by atoms with van der Waals surface area (Å²) in [5.41, 5.74) is 6.33. The maximum atomic E-state index is 11.6. The quantitative estimate of drug-likeness (QED) is 0.721. The SMILES string of the molecule is COCC(N)CCNC(=O)c1ccncc1. The zero-order valence-electron chi connectivity index (χ0n) is 9.35. The molecule has 0 saturated carbocycles. The molecule has 0 fully saturated rings. The molecular formula is C11H17N3O2. The van der Waals surface area contributed by atoms with Crippen LogP contribution in [0.2, 0.25) is 0 Å². The minimum atomic E-state index is -0.105. The van der Waals surface area contributed by atoms with Crippen molar-refractivity contribution in [2.45, 2.75) is 12.5 Å². The Morgan fingerprint density at radius 3 is 2.88 bits per heavy atom. The van der Waals surface area contributed by atoms with Crippen LogP contribution in [-0.4, -0.2) is 37.2 Å². The van der Waals surface area contributed by atoms with Crippen LogP contribution < -0.4 is 11.1 Å². The summed E-state index contributed by atoms with van der Waals surface area (Å²) in [5, 5.41) is 2.79. The normalized spacial score (nSPS) is 12.1. The number of rotatable bonds is 6. The van der Waals surface area contributed by atoms with Crippen LogP contribution >= 0.6 is 0 Å². The summed E-state index contributed by atoms with van der Waals surface area (Å²) in [7, 11) is 1.61. The summed E-state index contributed by atoms with van der Waals surface area (Å²) in [6.07, 6.45) is 3.88. The lowest BCUT2D eigenvalue weighted by Gasteiger charge is -2.10. The van der Waals surface area contributed by atoms with Crippen LogP contribution in [0.25, 0.3) is 0 Å². The monoisotopic (exact) mass is 223 g/mol. The van der Waals surface area contributed by atoms with E-state index in [-0.39, 0.29) is 11.9 Å². The van der Waals surface area contributed by atoms with Gasteiger partial charge in [-0.25, -0.2) is 0 Å². The molecule has 0 bridgehead atoms. The average Bonchev–Trinajstić information content (AvgIpc) is 2.30. The second kappa shape index (κ2) is 6.92. The molecule has 1 aromatic heterocycles. The molecule has 0 aliphatic heterocycles. The fraction of sp³-hybridized carbons (Fsp3) is 0.455. The first-order valence-electron chi connectivity index (χ1n) is 5.16. The Balaban J connectivity index is 2.26. The van der Waals surface area contributed by atoms with E-state index in [0.717, 1.165) is 0 Å². The van der Waals surface area contributed by atoms with Crippen LogP contribution in [0.5, 0.6) is 0 Å². The minimum absolute atomic E-state index is 0.0391. The minimum Gasteiger partial charge on any atom is -0.383 e. The summed E-state index contributed by atoms with van der Waals surface area (Å²) in [6.45, 7) is 1.05. The molecule has 1 rings (SSSR count). The fourth-order valence-electron chi connectivity index (χ4n) is 1.27. The van der Waals surface area contributed by atoms with Crippen LogP contribution in [0.1, 0.15) is 16.8 Å². The Labute approximate surface area is 95.0 Å². The highest BCUT2D eigenvalue weighted by Gasteiger charge is 2.05. The zero-order chi connectivity index (χ0) is 11.8. The third kappa shape index (κ3) is 4.37. The van der Waals surface area contributed by atoms with E-state index in [1.165, 1.54) is 0 Å². The second-order valence-electron chi connectivity index (χ2n) is 3.50. The first-order chi connectivity index (χ1) is 7.74. The fourth-order valence-corrected chi connectivity index (χ4v) is 1.27. The molecule has 0 aliphatic carbocycles. The highest BCUT2D eigenvalue weighted by atomic mass is 16.5. The molecule has 5 heteroatoms. The lowest BCUT2D eigenvalue weighted by Crippen LogP contribution is -2.32. The van der Waals surface area contributed by atoms with Crippen molar-refractivity contribution >= 4 is 5.91 Å². The van der Waals surface area contributed by atoms with Gasteiger partial charge in [-0.3, -0.25) is 9.78 Å². The summed E-state index contributed by atoms with van der Waals surface area (Å²) < 4.78 is 4.90. The lowest BCUT2D eigenvalue weighted by atomic mass is 10.2. The van der Waals surface area contributed by atoms with Crippen molar-refractivity contribution in [3.8, 4) is 0 Å². The summed E-state index contributed by atoms with van der Waals surface area (Å²) in [6, 6.07) is 3.30. The third-order valence-corrected chi connectivity index (χ3v) is 2.12. The average molecular weight is 223 g/mol. The van der Waals surface area contributed by atoms with Gasteiger partial charge in [0.2, 0.25) is 0 Å². The number of carbonyl (C=O) groups excluding carboxylic acids is 1. The Morgan fingerprint density at radius 1 is 1.56 bits per heavy atom. The van der Waals surface area contributed by atoms with Gasteiger partial charge in [0.05, 0.1) is 6.61 Å².